The maximum absolute atomic E-state index is 12.4. The highest BCUT2D eigenvalue weighted by atomic mass is 16.6. The zero-order valence-corrected chi connectivity index (χ0v) is 71.5. The molecule has 0 fully saturated rings. The van der Waals surface area contributed by atoms with Crippen molar-refractivity contribution in [2.45, 2.75) is 377 Å². The molecule has 0 saturated carbocycles. The van der Waals surface area contributed by atoms with Gasteiger partial charge < -0.3 is 39.1 Å². The van der Waals surface area contributed by atoms with Gasteiger partial charge in [-0.1, -0.05) is 205 Å². The number of carbonyl (C=O) groups is 3. The molecular formula is C87H158N2O9. The Morgan fingerprint density at radius 1 is 0.429 bits per heavy atom. The summed E-state index contributed by atoms with van der Waals surface area (Å²) in [6, 6.07) is 27.2. The lowest BCUT2D eigenvalue weighted by atomic mass is 9.76. The number of hydrogen-bond donors (Lipinski definition) is 2. The number of unbranched alkanes of at least 4 members (excludes halogenated alkanes) is 2. The Kier molecular flexibility index (Phi) is 41.1. The summed E-state index contributed by atoms with van der Waals surface area (Å²) >= 11 is 0. The Hall–Kier alpha value is -4.29. The number of rotatable bonds is 18. The van der Waals surface area contributed by atoms with Gasteiger partial charge in [0, 0.05) is 17.5 Å². The third-order valence-corrected chi connectivity index (χ3v) is 14.2. The summed E-state index contributed by atoms with van der Waals surface area (Å²) in [5.41, 5.74) is 5.00. The van der Waals surface area contributed by atoms with Crippen molar-refractivity contribution in [2.75, 3.05) is 26.3 Å². The molecule has 11 heteroatoms. The van der Waals surface area contributed by atoms with Gasteiger partial charge in [0.15, 0.2) is 0 Å². The third kappa shape index (κ3) is 58.4. The van der Waals surface area contributed by atoms with Gasteiger partial charge in [0.2, 0.25) is 0 Å². The van der Waals surface area contributed by atoms with Crippen molar-refractivity contribution in [1.82, 2.24) is 10.6 Å². The van der Waals surface area contributed by atoms with Crippen LogP contribution in [0.4, 0.5) is 0 Å². The molecule has 0 radical (unpaired) electrons. The van der Waals surface area contributed by atoms with Crippen molar-refractivity contribution in [3.8, 4) is 5.75 Å². The molecule has 11 nitrogen and oxygen atoms in total. The number of carbonyl (C=O) groups excluding carboxylic acids is 3. The van der Waals surface area contributed by atoms with Gasteiger partial charge in [0.25, 0.3) is 0 Å². The first-order valence-electron chi connectivity index (χ1n) is 36.8. The molecule has 3 aromatic carbocycles. The summed E-state index contributed by atoms with van der Waals surface area (Å²) in [5, 5.41) is 6.95. The number of hydrogen-bond acceptors (Lipinski definition) is 11. The Morgan fingerprint density at radius 3 is 1.21 bits per heavy atom. The highest BCUT2D eigenvalue weighted by molar-refractivity contribution is 5.79. The number of nitrogens with one attached hydrogen (secondary N) is 2. The lowest BCUT2D eigenvalue weighted by Gasteiger charge is -2.33. The molecule has 0 bridgehead atoms. The lowest BCUT2D eigenvalue weighted by molar-refractivity contribution is -0.163. The molecular weight excluding hydrogens is 1220 g/mol. The van der Waals surface area contributed by atoms with E-state index >= 15 is 0 Å². The van der Waals surface area contributed by atoms with E-state index in [0.717, 1.165) is 56.5 Å². The minimum Gasteiger partial charge on any atom is -0.488 e. The number of esters is 3. The normalized spacial score (nSPS) is 13.9. The molecule has 3 unspecified atom stereocenters. The summed E-state index contributed by atoms with van der Waals surface area (Å²) in [5.74, 6) is 0.315. The molecule has 3 rings (SSSR count). The zero-order chi connectivity index (χ0) is 77.8. The fourth-order valence-corrected chi connectivity index (χ4v) is 8.93. The first-order valence-corrected chi connectivity index (χ1v) is 36.8. The monoisotopic (exact) mass is 1380 g/mol. The van der Waals surface area contributed by atoms with Gasteiger partial charge in [-0.3, -0.25) is 14.4 Å². The van der Waals surface area contributed by atoms with Crippen LogP contribution in [0.5, 0.6) is 5.75 Å². The molecule has 0 aromatic heterocycles. The first kappa shape index (κ1) is 97.9. The van der Waals surface area contributed by atoms with Crippen LogP contribution in [-0.4, -0.2) is 89.4 Å². The fourth-order valence-electron chi connectivity index (χ4n) is 8.93. The van der Waals surface area contributed by atoms with Crippen molar-refractivity contribution >= 4 is 17.9 Å². The van der Waals surface area contributed by atoms with E-state index in [1.54, 1.807) is 0 Å². The Balaban J connectivity index is -0.00000111. The average Bonchev–Trinajstić information content (AvgIpc) is 0.828. The summed E-state index contributed by atoms with van der Waals surface area (Å²) in [6.45, 7) is 87.0. The van der Waals surface area contributed by atoms with E-state index in [0.29, 0.717) is 19.6 Å². The average molecular weight is 1380 g/mol. The molecule has 2 N–H and O–H groups in total. The number of ether oxygens (including phenoxy) is 6. The summed E-state index contributed by atoms with van der Waals surface area (Å²) in [4.78, 5) is 35.4. The van der Waals surface area contributed by atoms with Gasteiger partial charge >= 0.3 is 17.9 Å². The van der Waals surface area contributed by atoms with Crippen LogP contribution >= 0.6 is 0 Å². The van der Waals surface area contributed by atoms with Crippen LogP contribution in [0.15, 0.2) is 78.9 Å². The van der Waals surface area contributed by atoms with Crippen molar-refractivity contribution < 1.29 is 42.8 Å². The highest BCUT2D eigenvalue weighted by Gasteiger charge is 2.36. The highest BCUT2D eigenvalue weighted by Crippen LogP contribution is 2.37. The summed E-state index contributed by atoms with van der Waals surface area (Å²) in [6.07, 6.45) is 5.94. The topological polar surface area (TPSA) is 131 Å². The molecule has 0 aliphatic carbocycles. The van der Waals surface area contributed by atoms with E-state index in [1.165, 1.54) is 16.7 Å². The van der Waals surface area contributed by atoms with E-state index in [1.807, 2.05) is 112 Å². The van der Waals surface area contributed by atoms with Crippen LogP contribution in [0.1, 0.15) is 337 Å². The van der Waals surface area contributed by atoms with Crippen molar-refractivity contribution in [2.24, 2.45) is 27.6 Å². The molecule has 98 heavy (non-hydrogen) atoms. The second-order valence-corrected chi connectivity index (χ2v) is 40.5. The Labute approximate surface area is 606 Å². The van der Waals surface area contributed by atoms with Gasteiger partial charge in [0.05, 0.1) is 42.4 Å². The number of benzene rings is 3. The van der Waals surface area contributed by atoms with Crippen molar-refractivity contribution in [1.29, 1.82) is 0 Å². The van der Waals surface area contributed by atoms with E-state index in [4.69, 9.17) is 28.4 Å². The largest absolute Gasteiger partial charge is 0.488 e. The van der Waals surface area contributed by atoms with Crippen LogP contribution < -0.4 is 15.4 Å². The van der Waals surface area contributed by atoms with Gasteiger partial charge in [-0.2, -0.15) is 0 Å². The molecule has 0 heterocycles. The maximum Gasteiger partial charge on any atom is 0.314 e. The first-order chi connectivity index (χ1) is 43.4. The molecule has 3 aromatic rings. The van der Waals surface area contributed by atoms with Crippen LogP contribution in [0.25, 0.3) is 0 Å². The Morgan fingerprint density at radius 2 is 0.857 bits per heavy atom. The second-order valence-electron chi connectivity index (χ2n) is 40.5. The summed E-state index contributed by atoms with van der Waals surface area (Å²) < 4.78 is 33.8. The van der Waals surface area contributed by atoms with Gasteiger partial charge in [-0.25, -0.2) is 0 Å². The standard InChI is InChI=1S/C16H27N.C16H24O2.C15H31NO2.C15H32O2.C14H22O.C11H22O2/c1-15(2,3)14-9-7-13(8-10-14)11-12-17-16(4,5)6;1-15(2,3)13(12-10-8-7-9-11-12)14(17)18-16(4,5)6;1-14(2,3)12-18-13(17)10-8-7-9-11-16-15(4,5)6;1-13(2,3)10-12(17-15(7,8)9)11-16-14(4,5)6;1-13(2,3)11-7-9-12(10-8-11)15-14(4,5)6;1-8(10(2,3)4)9(12)13-11(5,6)7/h7-10,17H,11-12H2,1-6H3;7-11,13H,1-6H3;16H,7-12H2,1-6H3;12H,10-11H2,1-9H3;7-10H,1-6H3;8H,1-7H3. The zero-order valence-electron chi connectivity index (χ0n) is 71.5. The Bertz CT molecular complexity index is 2600. The third-order valence-electron chi connectivity index (χ3n) is 14.2. The molecule has 3 atom stereocenters. The summed E-state index contributed by atoms with van der Waals surface area (Å²) in [7, 11) is 0. The lowest BCUT2D eigenvalue weighted by Crippen LogP contribution is -2.37. The van der Waals surface area contributed by atoms with Gasteiger partial charge in [-0.05, 0) is 251 Å². The SMILES string of the molecule is CC(C(=O)OC(C)(C)C)C(C)(C)C.CC(C)(C)CC(COC(C)(C)C)OC(C)(C)C.CC(C)(C)COC(=O)CCCCCNC(C)(C)C.CC(C)(C)NCCc1ccc(C(C)(C)C)cc1.CC(C)(C)OC(=O)C(c1ccccc1)C(C)(C)C.CC(C)(C)Oc1ccc(C(C)(C)C)cc1. The predicted molar refractivity (Wildman–Crippen MR) is 422 cm³/mol. The van der Waals surface area contributed by atoms with E-state index in [9.17, 15) is 14.4 Å². The molecule has 570 valence electrons. The maximum atomic E-state index is 12.4. The quantitative estimate of drug-likeness (QED) is 0.0717. The van der Waals surface area contributed by atoms with Crippen LogP contribution in [0, 0.1) is 27.6 Å². The predicted octanol–water partition coefficient (Wildman–Crippen LogP) is 23.2. The second kappa shape index (κ2) is 41.1. The van der Waals surface area contributed by atoms with Crippen LogP contribution in [0.2, 0.25) is 0 Å². The van der Waals surface area contributed by atoms with Crippen LogP contribution in [0.3, 0.4) is 0 Å². The molecule has 0 aliphatic rings. The van der Waals surface area contributed by atoms with Gasteiger partial charge in [0.1, 0.15) is 22.6 Å². The van der Waals surface area contributed by atoms with Gasteiger partial charge in [-0.15, -0.1) is 0 Å². The molecule has 0 saturated heterocycles. The molecule has 0 aliphatic heterocycles. The molecule has 0 amide bonds. The fraction of sp³-hybridized carbons (Fsp3) is 0.759. The van der Waals surface area contributed by atoms with E-state index < -0.39 is 5.60 Å². The van der Waals surface area contributed by atoms with E-state index in [2.05, 4.69) is 255 Å². The molecule has 0 spiro atoms. The van der Waals surface area contributed by atoms with E-state index in [-0.39, 0.29) is 102 Å². The van der Waals surface area contributed by atoms with Crippen molar-refractivity contribution in [3.63, 3.8) is 0 Å². The minimum absolute atomic E-state index is 0.0255. The minimum atomic E-state index is -0.449. The smallest absolute Gasteiger partial charge is 0.314 e. The van der Waals surface area contributed by atoms with Crippen LogP contribution in [-0.2, 0) is 55.3 Å². The van der Waals surface area contributed by atoms with Crippen molar-refractivity contribution in [3.05, 3.63) is 101 Å².